The number of phosphoric acid groups is 1. The van der Waals surface area contributed by atoms with E-state index in [1.54, 1.807) is 6.08 Å². The fraction of sp³-hybridized carbons (Fsp3) is 0.838. The summed E-state index contributed by atoms with van der Waals surface area (Å²) in [5, 5.41) is 14.0. The molecule has 3 atom stereocenters. The molecule has 0 heterocycles. The first-order valence-electron chi connectivity index (χ1n) is 33.2. The molecule has 452 valence electrons. The van der Waals surface area contributed by atoms with Crippen molar-refractivity contribution in [1.82, 2.24) is 5.32 Å². The maximum absolute atomic E-state index is 13.0. The molecule has 0 aliphatic heterocycles. The number of carbonyl (C=O) groups excluding carboxylic acids is 1. The van der Waals surface area contributed by atoms with Gasteiger partial charge in [-0.15, -0.1) is 0 Å². The lowest BCUT2D eigenvalue weighted by Gasteiger charge is -2.25. The number of rotatable bonds is 61. The number of aliphatic hydroxyl groups is 1. The molecule has 3 N–H and O–H groups in total. The maximum Gasteiger partial charge on any atom is 0.472 e. The summed E-state index contributed by atoms with van der Waals surface area (Å²) in [5.41, 5.74) is 0. The molecule has 0 radical (unpaired) electrons. The molecule has 0 aromatic carbocycles. The predicted molar refractivity (Wildman–Crippen MR) is 337 cm³/mol. The summed E-state index contributed by atoms with van der Waals surface area (Å²) < 4.78 is 23.8. The summed E-state index contributed by atoms with van der Waals surface area (Å²) in [4.78, 5) is 23.4. The molecule has 3 unspecified atom stereocenters. The number of allylic oxidation sites excluding steroid dienone is 9. The van der Waals surface area contributed by atoms with Crippen molar-refractivity contribution in [3.63, 3.8) is 0 Å². The Morgan fingerprint density at radius 1 is 0.455 bits per heavy atom. The minimum atomic E-state index is -4.35. The molecule has 0 rings (SSSR count). The van der Waals surface area contributed by atoms with E-state index >= 15 is 0 Å². The van der Waals surface area contributed by atoms with Gasteiger partial charge in [-0.3, -0.25) is 13.8 Å². The number of amides is 1. The van der Waals surface area contributed by atoms with E-state index < -0.39 is 20.0 Å². The van der Waals surface area contributed by atoms with Gasteiger partial charge in [-0.25, -0.2) is 4.57 Å². The van der Waals surface area contributed by atoms with E-state index in [1.807, 2.05) is 27.2 Å². The molecule has 77 heavy (non-hydrogen) atoms. The third-order valence-electron chi connectivity index (χ3n) is 15.0. The Labute approximate surface area is 479 Å². The summed E-state index contributed by atoms with van der Waals surface area (Å²) in [5.74, 6) is -0.172. The monoisotopic (exact) mass is 1100 g/mol. The molecule has 0 saturated carbocycles. The zero-order chi connectivity index (χ0) is 56.3. The van der Waals surface area contributed by atoms with E-state index in [1.165, 1.54) is 231 Å². The van der Waals surface area contributed by atoms with E-state index in [0.717, 1.165) is 64.2 Å². The van der Waals surface area contributed by atoms with Crippen molar-refractivity contribution in [2.75, 3.05) is 40.9 Å². The fourth-order valence-corrected chi connectivity index (χ4v) is 10.6. The molecule has 0 aromatic rings. The van der Waals surface area contributed by atoms with Crippen LogP contribution in [0.15, 0.2) is 60.8 Å². The number of quaternary nitrogens is 1. The van der Waals surface area contributed by atoms with Crippen LogP contribution in [0.1, 0.15) is 316 Å². The summed E-state index contributed by atoms with van der Waals surface area (Å²) in [6.07, 6.45) is 80.6. The molecule has 8 nitrogen and oxygen atoms in total. The van der Waals surface area contributed by atoms with Gasteiger partial charge < -0.3 is 19.8 Å². The van der Waals surface area contributed by atoms with Crippen molar-refractivity contribution >= 4 is 13.7 Å². The highest BCUT2D eigenvalue weighted by molar-refractivity contribution is 7.47. The van der Waals surface area contributed by atoms with E-state index in [-0.39, 0.29) is 19.1 Å². The van der Waals surface area contributed by atoms with Gasteiger partial charge in [-0.2, -0.15) is 0 Å². The molecule has 0 aliphatic carbocycles. The van der Waals surface area contributed by atoms with Gasteiger partial charge in [0, 0.05) is 6.42 Å². The van der Waals surface area contributed by atoms with Crippen molar-refractivity contribution in [2.45, 2.75) is 328 Å². The van der Waals surface area contributed by atoms with Gasteiger partial charge in [0.2, 0.25) is 5.91 Å². The maximum atomic E-state index is 13.0. The molecule has 0 aromatic heterocycles. The molecular weight excluding hydrogens is 972 g/mol. The molecule has 0 spiro atoms. The normalized spacial score (nSPS) is 14.1. The highest BCUT2D eigenvalue weighted by Gasteiger charge is 2.28. The van der Waals surface area contributed by atoms with Crippen LogP contribution < -0.4 is 5.32 Å². The van der Waals surface area contributed by atoms with Gasteiger partial charge in [-0.1, -0.05) is 312 Å². The van der Waals surface area contributed by atoms with Crippen LogP contribution in [0.25, 0.3) is 0 Å². The SMILES string of the molecule is CC/C=C\C/C=C\C/C=C\C/C=C\CCCCCCCCCCCCCCCCCCCCCCC(=O)NC(COP(=O)(O)OCC[N+](C)(C)C)C(O)/C=C/CCCCCCCCCCCCCCCCCCCCCC. The Morgan fingerprint density at radius 3 is 1.14 bits per heavy atom. The Balaban J connectivity index is 4.05. The van der Waals surface area contributed by atoms with E-state index in [0.29, 0.717) is 17.4 Å². The van der Waals surface area contributed by atoms with Crippen LogP contribution in [0.5, 0.6) is 0 Å². The Hall–Kier alpha value is -1.80. The van der Waals surface area contributed by atoms with Crippen LogP contribution in [0.2, 0.25) is 0 Å². The zero-order valence-corrected chi connectivity index (χ0v) is 52.6. The van der Waals surface area contributed by atoms with Gasteiger partial charge in [0.1, 0.15) is 13.2 Å². The quantitative estimate of drug-likeness (QED) is 0.0243. The lowest BCUT2D eigenvalue weighted by atomic mass is 10.0. The number of nitrogens with zero attached hydrogens (tertiary/aromatic N) is 1. The highest BCUT2D eigenvalue weighted by Crippen LogP contribution is 2.43. The summed E-state index contributed by atoms with van der Waals surface area (Å²) >= 11 is 0. The number of carbonyl (C=O) groups is 1. The third-order valence-corrected chi connectivity index (χ3v) is 16.0. The molecular formula is C68H130N2O6P+. The van der Waals surface area contributed by atoms with Crippen molar-refractivity contribution < 1.29 is 32.9 Å². The number of likely N-dealkylation sites (N-methyl/N-ethyl adjacent to an activating group) is 1. The van der Waals surface area contributed by atoms with Crippen molar-refractivity contribution in [2.24, 2.45) is 0 Å². The van der Waals surface area contributed by atoms with Crippen molar-refractivity contribution in [1.29, 1.82) is 0 Å². The Bertz CT molecular complexity index is 1440. The van der Waals surface area contributed by atoms with Gasteiger partial charge in [-0.05, 0) is 57.8 Å². The molecule has 0 bridgehead atoms. The van der Waals surface area contributed by atoms with Crippen LogP contribution in [0.3, 0.4) is 0 Å². The number of aliphatic hydroxyl groups excluding tert-OH is 1. The smallest absolute Gasteiger partial charge is 0.387 e. The lowest BCUT2D eigenvalue weighted by Crippen LogP contribution is -2.45. The number of hydrogen-bond donors (Lipinski definition) is 3. The first-order chi connectivity index (χ1) is 37.5. The zero-order valence-electron chi connectivity index (χ0n) is 51.7. The first kappa shape index (κ1) is 75.2. The Kier molecular flexibility index (Phi) is 57.5. The van der Waals surface area contributed by atoms with Gasteiger partial charge in [0.25, 0.3) is 0 Å². The van der Waals surface area contributed by atoms with Crippen LogP contribution in [-0.4, -0.2) is 73.4 Å². The molecule has 1 amide bonds. The topological polar surface area (TPSA) is 105 Å². The average Bonchev–Trinajstić information content (AvgIpc) is 3.39. The number of unbranched alkanes of at least 4 members (excludes halogenated alkanes) is 40. The summed E-state index contributed by atoms with van der Waals surface area (Å²) in [6, 6.07) is -0.848. The first-order valence-corrected chi connectivity index (χ1v) is 34.7. The number of phosphoric ester groups is 1. The Morgan fingerprint density at radius 2 is 0.779 bits per heavy atom. The van der Waals surface area contributed by atoms with E-state index in [2.05, 4.69) is 67.8 Å². The fourth-order valence-electron chi connectivity index (χ4n) is 9.86. The summed E-state index contributed by atoms with van der Waals surface area (Å²) in [7, 11) is 1.58. The summed E-state index contributed by atoms with van der Waals surface area (Å²) in [6.45, 7) is 4.75. The second kappa shape index (κ2) is 58.8. The van der Waals surface area contributed by atoms with Crippen LogP contribution in [0, 0.1) is 0 Å². The molecule has 0 fully saturated rings. The third kappa shape index (κ3) is 61.7. The minimum Gasteiger partial charge on any atom is -0.387 e. The minimum absolute atomic E-state index is 0.0623. The van der Waals surface area contributed by atoms with E-state index in [9.17, 15) is 19.4 Å². The largest absolute Gasteiger partial charge is 0.472 e. The number of nitrogens with one attached hydrogen (secondary N) is 1. The van der Waals surface area contributed by atoms with Crippen LogP contribution in [-0.2, 0) is 18.4 Å². The van der Waals surface area contributed by atoms with Crippen molar-refractivity contribution in [3.8, 4) is 0 Å². The number of hydrogen-bond acceptors (Lipinski definition) is 5. The van der Waals surface area contributed by atoms with Gasteiger partial charge in [0.05, 0.1) is 39.9 Å². The van der Waals surface area contributed by atoms with E-state index in [4.69, 9.17) is 9.05 Å². The molecule has 9 heteroatoms. The van der Waals surface area contributed by atoms with Crippen LogP contribution >= 0.6 is 7.82 Å². The molecule has 0 saturated heterocycles. The van der Waals surface area contributed by atoms with Crippen LogP contribution in [0.4, 0.5) is 0 Å². The van der Waals surface area contributed by atoms with Gasteiger partial charge >= 0.3 is 7.82 Å². The second-order valence-electron chi connectivity index (χ2n) is 23.8. The predicted octanol–water partition coefficient (Wildman–Crippen LogP) is 20.8. The average molecular weight is 1100 g/mol. The van der Waals surface area contributed by atoms with Gasteiger partial charge in [0.15, 0.2) is 0 Å². The lowest BCUT2D eigenvalue weighted by molar-refractivity contribution is -0.870. The van der Waals surface area contributed by atoms with Crippen molar-refractivity contribution in [3.05, 3.63) is 60.8 Å². The standard InChI is InChI=1S/C68H129N2O6P/c1-6-8-10-12-14-16-18-20-22-24-26-28-30-31-32-33-34-35-36-37-38-39-40-42-44-46-48-50-52-54-56-58-60-62-68(72)69-66(65-76-77(73,74)75-64-63-70(3,4)5)67(71)61-59-57-55-53-51-49-47-45-43-41-29-27-25-23-21-19-17-15-13-11-9-7-2/h8,10,14,16,20,22,26,28,59,61,66-67,71H,6-7,9,11-13,15,17-19,21,23-25,27,29-58,60,62-65H2,1-5H3,(H-,69,72,73,74)/p+1/b10-8-,16-14-,22-20-,28-26-,61-59+. The highest BCUT2D eigenvalue weighted by atomic mass is 31.2. The second-order valence-corrected chi connectivity index (χ2v) is 25.3. The molecule has 0 aliphatic rings.